The molecule has 1 fully saturated rings. The lowest BCUT2D eigenvalue weighted by atomic mass is 9.96. The molecule has 0 bridgehead atoms. The molecule has 0 radical (unpaired) electrons. The number of anilines is 1. The summed E-state index contributed by atoms with van der Waals surface area (Å²) in [6.07, 6.45) is 0.373. The number of rotatable bonds is 4. The van der Waals surface area contributed by atoms with E-state index in [1.165, 1.54) is 13.2 Å². The summed E-state index contributed by atoms with van der Waals surface area (Å²) in [5.74, 6) is -0.709. The van der Waals surface area contributed by atoms with Gasteiger partial charge in [0.25, 0.3) is 0 Å². The van der Waals surface area contributed by atoms with Gasteiger partial charge in [-0.2, -0.15) is 0 Å². The number of hydrogen-bond donors (Lipinski definition) is 1. The van der Waals surface area contributed by atoms with E-state index in [1.54, 1.807) is 23.1 Å². The first-order chi connectivity index (χ1) is 11.9. The van der Waals surface area contributed by atoms with Gasteiger partial charge in [0.15, 0.2) is 0 Å². The zero-order valence-electron chi connectivity index (χ0n) is 14.0. The van der Waals surface area contributed by atoms with Gasteiger partial charge in [-0.15, -0.1) is 0 Å². The Morgan fingerprint density at radius 2 is 2.04 bits per heavy atom. The zero-order chi connectivity index (χ0) is 18.1. The van der Waals surface area contributed by atoms with Crippen LogP contribution in [0, 0.1) is 6.92 Å². The predicted octanol–water partition coefficient (Wildman–Crippen LogP) is 3.88. The summed E-state index contributed by atoms with van der Waals surface area (Å²) in [7, 11) is 1.44. The average molecular weight is 360 g/mol. The Hall–Kier alpha value is -2.53. The summed E-state index contributed by atoms with van der Waals surface area (Å²) in [5, 5.41) is 9.82. The van der Waals surface area contributed by atoms with Crippen LogP contribution in [0.4, 0.5) is 5.69 Å². The van der Waals surface area contributed by atoms with Crippen LogP contribution in [0.3, 0.4) is 0 Å². The van der Waals surface area contributed by atoms with Crippen molar-refractivity contribution >= 4 is 29.2 Å². The number of halogens is 1. The normalized spacial score (nSPS) is 17.0. The molecule has 5 nitrogen and oxygen atoms in total. The standard InChI is InChI=1S/C19H18ClNO4/c1-11-7-14(20)4-6-16(11)21-10-13(9-18(21)22)12-3-5-15(19(23)24)17(8-12)25-2/h3-8,13H,9-10H2,1-2H3,(H,23,24). The molecule has 0 aromatic heterocycles. The number of nitrogens with zero attached hydrogens (tertiary/aromatic N) is 1. The summed E-state index contributed by atoms with van der Waals surface area (Å²) in [6.45, 7) is 2.46. The van der Waals surface area contributed by atoms with Crippen molar-refractivity contribution in [1.29, 1.82) is 0 Å². The summed E-state index contributed by atoms with van der Waals surface area (Å²) in [4.78, 5) is 25.5. The van der Waals surface area contributed by atoms with Crippen molar-refractivity contribution in [3.05, 3.63) is 58.1 Å². The van der Waals surface area contributed by atoms with E-state index in [2.05, 4.69) is 0 Å². The highest BCUT2D eigenvalue weighted by Gasteiger charge is 2.32. The fourth-order valence-corrected chi connectivity index (χ4v) is 3.45. The minimum Gasteiger partial charge on any atom is -0.496 e. The molecular weight excluding hydrogens is 342 g/mol. The molecule has 25 heavy (non-hydrogen) atoms. The second kappa shape index (κ2) is 6.76. The molecule has 0 spiro atoms. The number of hydrogen-bond acceptors (Lipinski definition) is 3. The Bertz CT molecular complexity index is 849. The molecule has 0 aliphatic carbocycles. The molecule has 1 amide bonds. The van der Waals surface area contributed by atoms with Gasteiger partial charge in [-0.25, -0.2) is 4.79 Å². The summed E-state index contributed by atoms with van der Waals surface area (Å²) < 4.78 is 5.18. The summed E-state index contributed by atoms with van der Waals surface area (Å²) >= 11 is 5.99. The number of carbonyl (C=O) groups is 2. The molecule has 1 aliphatic heterocycles. The van der Waals surface area contributed by atoms with E-state index in [-0.39, 0.29) is 17.4 Å². The van der Waals surface area contributed by atoms with Gasteiger partial charge in [0.05, 0.1) is 7.11 Å². The predicted molar refractivity (Wildman–Crippen MR) is 95.9 cm³/mol. The molecule has 1 N–H and O–H groups in total. The molecule has 130 valence electrons. The molecule has 6 heteroatoms. The van der Waals surface area contributed by atoms with Gasteiger partial charge >= 0.3 is 5.97 Å². The van der Waals surface area contributed by atoms with Crippen LogP contribution in [0.15, 0.2) is 36.4 Å². The molecule has 1 heterocycles. The van der Waals surface area contributed by atoms with Crippen molar-refractivity contribution in [2.45, 2.75) is 19.3 Å². The minimum absolute atomic E-state index is 0.0145. The van der Waals surface area contributed by atoms with E-state index in [0.29, 0.717) is 23.7 Å². The van der Waals surface area contributed by atoms with Gasteiger partial charge < -0.3 is 14.7 Å². The number of aromatic carboxylic acids is 1. The lowest BCUT2D eigenvalue weighted by Crippen LogP contribution is -2.25. The molecule has 2 aromatic carbocycles. The van der Waals surface area contributed by atoms with Gasteiger partial charge in [0.2, 0.25) is 5.91 Å². The Labute approximate surface area is 150 Å². The lowest BCUT2D eigenvalue weighted by molar-refractivity contribution is -0.117. The van der Waals surface area contributed by atoms with Crippen LogP contribution in [0.25, 0.3) is 0 Å². The number of benzene rings is 2. The number of ether oxygens (including phenoxy) is 1. The second-order valence-corrected chi connectivity index (χ2v) is 6.54. The average Bonchev–Trinajstić information content (AvgIpc) is 2.95. The van der Waals surface area contributed by atoms with Crippen LogP contribution in [-0.2, 0) is 4.79 Å². The molecule has 0 saturated carbocycles. The molecule has 3 rings (SSSR count). The quantitative estimate of drug-likeness (QED) is 0.899. The SMILES string of the molecule is COc1cc(C2CC(=O)N(c3ccc(Cl)cc3C)C2)ccc1C(=O)O. The monoisotopic (exact) mass is 359 g/mol. The van der Waals surface area contributed by atoms with Crippen LogP contribution in [0.2, 0.25) is 5.02 Å². The van der Waals surface area contributed by atoms with Crippen molar-refractivity contribution in [2.24, 2.45) is 0 Å². The van der Waals surface area contributed by atoms with E-state index in [9.17, 15) is 14.7 Å². The van der Waals surface area contributed by atoms with Crippen molar-refractivity contribution in [1.82, 2.24) is 0 Å². The summed E-state index contributed by atoms with van der Waals surface area (Å²) in [5.41, 5.74) is 2.80. The van der Waals surface area contributed by atoms with Gasteiger partial charge in [-0.05, 0) is 48.4 Å². The Morgan fingerprint density at radius 3 is 2.68 bits per heavy atom. The van der Waals surface area contributed by atoms with E-state index in [0.717, 1.165) is 16.8 Å². The highest BCUT2D eigenvalue weighted by Crippen LogP contribution is 2.35. The molecule has 1 atom stereocenters. The van der Waals surface area contributed by atoms with Crippen molar-refractivity contribution in [3.63, 3.8) is 0 Å². The van der Waals surface area contributed by atoms with E-state index >= 15 is 0 Å². The summed E-state index contributed by atoms with van der Waals surface area (Å²) in [6, 6.07) is 10.4. The molecule has 2 aromatic rings. The third kappa shape index (κ3) is 3.33. The Kier molecular flexibility index (Phi) is 4.68. The van der Waals surface area contributed by atoms with Gasteiger partial charge in [0, 0.05) is 29.6 Å². The lowest BCUT2D eigenvalue weighted by Gasteiger charge is -2.19. The maximum Gasteiger partial charge on any atom is 0.339 e. The van der Waals surface area contributed by atoms with Crippen LogP contribution in [-0.4, -0.2) is 30.6 Å². The Morgan fingerprint density at radius 1 is 1.28 bits per heavy atom. The molecule has 1 saturated heterocycles. The fourth-order valence-electron chi connectivity index (χ4n) is 3.22. The van der Waals surface area contributed by atoms with Gasteiger partial charge in [-0.3, -0.25) is 4.79 Å². The van der Waals surface area contributed by atoms with Crippen LogP contribution in [0.5, 0.6) is 5.75 Å². The topological polar surface area (TPSA) is 66.8 Å². The highest BCUT2D eigenvalue weighted by atomic mass is 35.5. The van der Waals surface area contributed by atoms with Crippen LogP contribution in [0.1, 0.15) is 33.8 Å². The van der Waals surface area contributed by atoms with E-state index in [1.807, 2.05) is 19.1 Å². The minimum atomic E-state index is -1.04. The number of carboxylic acids is 1. The Balaban J connectivity index is 1.89. The van der Waals surface area contributed by atoms with E-state index in [4.69, 9.17) is 16.3 Å². The van der Waals surface area contributed by atoms with Crippen molar-refractivity contribution < 1.29 is 19.4 Å². The zero-order valence-corrected chi connectivity index (χ0v) is 14.7. The third-order valence-corrected chi connectivity index (χ3v) is 4.74. The van der Waals surface area contributed by atoms with Crippen molar-refractivity contribution in [3.8, 4) is 5.75 Å². The van der Waals surface area contributed by atoms with Gasteiger partial charge in [-0.1, -0.05) is 17.7 Å². The molecule has 1 aliphatic rings. The first kappa shape index (κ1) is 17.3. The van der Waals surface area contributed by atoms with Crippen LogP contribution >= 0.6 is 11.6 Å². The highest BCUT2D eigenvalue weighted by molar-refractivity contribution is 6.30. The number of methoxy groups -OCH3 is 1. The maximum absolute atomic E-state index is 12.5. The number of carboxylic acid groups (broad SMARTS) is 1. The molecular formula is C19H18ClNO4. The molecule has 1 unspecified atom stereocenters. The number of carbonyl (C=O) groups excluding carboxylic acids is 1. The number of amides is 1. The maximum atomic E-state index is 12.5. The third-order valence-electron chi connectivity index (χ3n) is 4.50. The second-order valence-electron chi connectivity index (χ2n) is 6.10. The van der Waals surface area contributed by atoms with E-state index < -0.39 is 5.97 Å². The van der Waals surface area contributed by atoms with Crippen LogP contribution < -0.4 is 9.64 Å². The van der Waals surface area contributed by atoms with Gasteiger partial charge in [0.1, 0.15) is 11.3 Å². The fraction of sp³-hybridized carbons (Fsp3) is 0.263. The first-order valence-electron chi connectivity index (χ1n) is 7.88. The first-order valence-corrected chi connectivity index (χ1v) is 8.26. The smallest absolute Gasteiger partial charge is 0.339 e. The number of aryl methyl sites for hydroxylation is 1. The largest absolute Gasteiger partial charge is 0.496 e. The van der Waals surface area contributed by atoms with Crippen molar-refractivity contribution in [2.75, 3.05) is 18.6 Å².